The summed E-state index contributed by atoms with van der Waals surface area (Å²) in [5, 5.41) is 10.5. The standard InChI is InChI=1S/C11H14N4O2S2/c1-7-4-9(12-3)5-8(2)10(7)19(16,17)15-11-14-13-6-18-11/h4-6,12H,1-3H3,(H,14,15). The van der Waals surface area contributed by atoms with E-state index in [0.717, 1.165) is 17.0 Å². The van der Waals surface area contributed by atoms with E-state index in [2.05, 4.69) is 20.2 Å². The summed E-state index contributed by atoms with van der Waals surface area (Å²) in [6.07, 6.45) is 0. The molecule has 1 heterocycles. The van der Waals surface area contributed by atoms with E-state index in [9.17, 15) is 8.42 Å². The van der Waals surface area contributed by atoms with Gasteiger partial charge in [-0.2, -0.15) is 0 Å². The Morgan fingerprint density at radius 1 is 1.21 bits per heavy atom. The SMILES string of the molecule is CNc1cc(C)c(S(=O)(=O)Nc2nncs2)c(C)c1. The number of rotatable bonds is 4. The quantitative estimate of drug-likeness (QED) is 0.902. The molecular formula is C11H14N4O2S2. The predicted octanol–water partition coefficient (Wildman–Crippen LogP) is 2.00. The molecule has 0 atom stereocenters. The first-order valence-corrected chi connectivity index (χ1v) is 7.88. The number of benzene rings is 1. The van der Waals surface area contributed by atoms with Crippen LogP contribution in [0.4, 0.5) is 10.8 Å². The highest BCUT2D eigenvalue weighted by molar-refractivity contribution is 7.93. The summed E-state index contributed by atoms with van der Waals surface area (Å²) >= 11 is 1.14. The lowest BCUT2D eigenvalue weighted by Crippen LogP contribution is -2.16. The summed E-state index contributed by atoms with van der Waals surface area (Å²) in [6, 6.07) is 3.59. The number of aryl methyl sites for hydroxylation is 2. The number of nitrogens with one attached hydrogen (secondary N) is 2. The fourth-order valence-corrected chi connectivity index (χ4v) is 4.05. The maximum atomic E-state index is 12.3. The van der Waals surface area contributed by atoms with Crippen molar-refractivity contribution in [2.24, 2.45) is 0 Å². The van der Waals surface area contributed by atoms with E-state index >= 15 is 0 Å². The minimum atomic E-state index is -3.64. The topological polar surface area (TPSA) is 84.0 Å². The van der Waals surface area contributed by atoms with Gasteiger partial charge in [-0.15, -0.1) is 10.2 Å². The molecule has 8 heteroatoms. The van der Waals surface area contributed by atoms with Gasteiger partial charge in [0.1, 0.15) is 5.51 Å². The van der Waals surface area contributed by atoms with Gasteiger partial charge in [-0.1, -0.05) is 11.3 Å². The second-order valence-electron chi connectivity index (χ2n) is 4.04. The van der Waals surface area contributed by atoms with Gasteiger partial charge in [0.15, 0.2) is 0 Å². The molecule has 0 unspecified atom stereocenters. The van der Waals surface area contributed by atoms with Crippen molar-refractivity contribution >= 4 is 32.2 Å². The normalized spacial score (nSPS) is 11.3. The summed E-state index contributed by atoms with van der Waals surface area (Å²) in [5.74, 6) is 0. The highest BCUT2D eigenvalue weighted by Crippen LogP contribution is 2.26. The zero-order valence-corrected chi connectivity index (χ0v) is 12.4. The van der Waals surface area contributed by atoms with Crippen LogP contribution in [0.15, 0.2) is 22.5 Å². The molecule has 0 saturated carbocycles. The minimum absolute atomic E-state index is 0.261. The van der Waals surface area contributed by atoms with Gasteiger partial charge >= 0.3 is 0 Å². The van der Waals surface area contributed by atoms with Gasteiger partial charge in [-0.25, -0.2) is 8.42 Å². The fraction of sp³-hybridized carbons (Fsp3) is 0.273. The van der Waals surface area contributed by atoms with Crippen molar-refractivity contribution in [3.63, 3.8) is 0 Å². The van der Waals surface area contributed by atoms with Gasteiger partial charge in [-0.05, 0) is 37.1 Å². The third-order valence-electron chi connectivity index (χ3n) is 2.60. The summed E-state index contributed by atoms with van der Waals surface area (Å²) in [7, 11) is -1.85. The van der Waals surface area contributed by atoms with Crippen LogP contribution < -0.4 is 10.0 Å². The van der Waals surface area contributed by atoms with Crippen molar-refractivity contribution in [2.75, 3.05) is 17.1 Å². The van der Waals surface area contributed by atoms with Crippen LogP contribution in [0.2, 0.25) is 0 Å². The monoisotopic (exact) mass is 298 g/mol. The zero-order chi connectivity index (χ0) is 14.0. The molecule has 2 N–H and O–H groups in total. The molecule has 0 aliphatic heterocycles. The van der Waals surface area contributed by atoms with Gasteiger partial charge in [0.2, 0.25) is 5.13 Å². The van der Waals surface area contributed by atoms with E-state index in [1.807, 2.05) is 0 Å². The first-order chi connectivity index (χ1) is 8.94. The van der Waals surface area contributed by atoms with Crippen molar-refractivity contribution in [2.45, 2.75) is 18.7 Å². The van der Waals surface area contributed by atoms with Crippen molar-refractivity contribution in [3.8, 4) is 0 Å². The Morgan fingerprint density at radius 2 is 1.84 bits per heavy atom. The zero-order valence-electron chi connectivity index (χ0n) is 10.8. The van der Waals surface area contributed by atoms with Crippen LogP contribution in [0.3, 0.4) is 0 Å². The van der Waals surface area contributed by atoms with E-state index in [1.54, 1.807) is 33.0 Å². The van der Waals surface area contributed by atoms with Crippen LogP contribution >= 0.6 is 11.3 Å². The van der Waals surface area contributed by atoms with Crippen LogP contribution in [0.1, 0.15) is 11.1 Å². The molecule has 0 bridgehead atoms. The molecule has 0 fully saturated rings. The Balaban J connectivity index is 2.46. The Labute approximate surface area is 115 Å². The minimum Gasteiger partial charge on any atom is -0.388 e. The van der Waals surface area contributed by atoms with Gasteiger partial charge in [-0.3, -0.25) is 4.72 Å². The second kappa shape index (κ2) is 5.14. The average Bonchev–Trinajstić information content (AvgIpc) is 2.79. The second-order valence-corrected chi connectivity index (χ2v) is 6.49. The van der Waals surface area contributed by atoms with Gasteiger partial charge in [0.25, 0.3) is 10.0 Å². The highest BCUT2D eigenvalue weighted by atomic mass is 32.2. The first-order valence-electron chi connectivity index (χ1n) is 5.52. The maximum Gasteiger partial charge on any atom is 0.264 e. The van der Waals surface area contributed by atoms with Crippen LogP contribution in [0, 0.1) is 13.8 Å². The molecule has 6 nitrogen and oxygen atoms in total. The Bertz CT molecular complexity index is 658. The number of hydrogen-bond acceptors (Lipinski definition) is 6. The van der Waals surface area contributed by atoms with E-state index in [1.165, 1.54) is 5.51 Å². The van der Waals surface area contributed by atoms with Crippen LogP contribution in [-0.4, -0.2) is 25.7 Å². The predicted molar refractivity (Wildman–Crippen MR) is 76.2 cm³/mol. The number of aromatic nitrogens is 2. The van der Waals surface area contributed by atoms with E-state index in [4.69, 9.17) is 0 Å². The molecule has 102 valence electrons. The largest absolute Gasteiger partial charge is 0.388 e. The lowest BCUT2D eigenvalue weighted by Gasteiger charge is -2.13. The highest BCUT2D eigenvalue weighted by Gasteiger charge is 2.21. The third-order valence-corrected chi connectivity index (χ3v) is 4.98. The molecule has 0 aliphatic rings. The summed E-state index contributed by atoms with van der Waals surface area (Å²) in [4.78, 5) is 0.279. The molecule has 19 heavy (non-hydrogen) atoms. The Morgan fingerprint density at radius 3 is 2.32 bits per heavy atom. The summed E-state index contributed by atoms with van der Waals surface area (Å²) in [5.41, 5.74) is 3.72. The Kier molecular flexibility index (Phi) is 3.72. The van der Waals surface area contributed by atoms with Gasteiger partial charge in [0, 0.05) is 12.7 Å². The van der Waals surface area contributed by atoms with Crippen molar-refractivity contribution in [1.82, 2.24) is 10.2 Å². The van der Waals surface area contributed by atoms with E-state index < -0.39 is 10.0 Å². The van der Waals surface area contributed by atoms with Crippen LogP contribution in [0.25, 0.3) is 0 Å². The van der Waals surface area contributed by atoms with E-state index in [-0.39, 0.29) is 10.0 Å². The van der Waals surface area contributed by atoms with E-state index in [0.29, 0.717) is 11.1 Å². The van der Waals surface area contributed by atoms with Crippen molar-refractivity contribution in [3.05, 3.63) is 28.8 Å². The number of nitrogens with zero attached hydrogens (tertiary/aromatic N) is 2. The molecule has 2 aromatic rings. The average molecular weight is 298 g/mol. The smallest absolute Gasteiger partial charge is 0.264 e. The lowest BCUT2D eigenvalue weighted by molar-refractivity contribution is 0.600. The molecule has 2 rings (SSSR count). The van der Waals surface area contributed by atoms with Crippen LogP contribution in [-0.2, 0) is 10.0 Å². The number of anilines is 2. The first kappa shape index (κ1) is 13.8. The molecular weight excluding hydrogens is 284 g/mol. The van der Waals surface area contributed by atoms with Gasteiger partial charge in [0.05, 0.1) is 4.90 Å². The third kappa shape index (κ3) is 2.85. The molecule has 0 amide bonds. The summed E-state index contributed by atoms with van der Waals surface area (Å²) < 4.78 is 27.1. The van der Waals surface area contributed by atoms with Crippen LogP contribution in [0.5, 0.6) is 0 Å². The van der Waals surface area contributed by atoms with Crippen molar-refractivity contribution < 1.29 is 8.42 Å². The molecule has 1 aromatic heterocycles. The van der Waals surface area contributed by atoms with Gasteiger partial charge < -0.3 is 5.32 Å². The molecule has 0 radical (unpaired) electrons. The molecule has 0 aliphatic carbocycles. The lowest BCUT2D eigenvalue weighted by atomic mass is 10.1. The number of hydrogen-bond donors (Lipinski definition) is 2. The fourth-order valence-electron chi connectivity index (χ4n) is 1.90. The van der Waals surface area contributed by atoms with Crippen molar-refractivity contribution in [1.29, 1.82) is 0 Å². The maximum absolute atomic E-state index is 12.3. The Hall–Kier alpha value is -1.67. The summed E-state index contributed by atoms with van der Waals surface area (Å²) in [6.45, 7) is 3.53. The molecule has 0 spiro atoms. The number of sulfonamides is 1. The molecule has 0 saturated heterocycles. The molecule has 1 aromatic carbocycles.